The summed E-state index contributed by atoms with van der Waals surface area (Å²) in [5.74, 6) is -0.892. The summed E-state index contributed by atoms with van der Waals surface area (Å²) < 4.78 is 3.71. The largest absolute Gasteiger partial charge is 0.478 e. The fourth-order valence-electron chi connectivity index (χ4n) is 1.00. The summed E-state index contributed by atoms with van der Waals surface area (Å²) in [6.45, 7) is 0.599. The standard InChI is InChI=1S/C8H7N3O2S2/c12-8(13)5-1-6(14-4-5)2-9-7-3-10-11-15-7/h1,3-4,9H,2H2,(H,12,13). The molecule has 0 unspecified atom stereocenters. The van der Waals surface area contributed by atoms with Crippen LogP contribution in [-0.4, -0.2) is 20.7 Å². The molecule has 2 aromatic rings. The molecule has 78 valence electrons. The summed E-state index contributed by atoms with van der Waals surface area (Å²) in [6.07, 6.45) is 1.64. The first kappa shape index (κ1) is 10.1. The minimum atomic E-state index is -0.892. The maximum Gasteiger partial charge on any atom is 0.336 e. The summed E-state index contributed by atoms with van der Waals surface area (Å²) in [7, 11) is 0. The minimum absolute atomic E-state index is 0.333. The van der Waals surface area contributed by atoms with E-state index in [0.717, 1.165) is 9.88 Å². The van der Waals surface area contributed by atoms with Crippen LogP contribution >= 0.6 is 22.9 Å². The van der Waals surface area contributed by atoms with Gasteiger partial charge in [0.05, 0.1) is 18.3 Å². The molecule has 0 atom stereocenters. The highest BCUT2D eigenvalue weighted by Crippen LogP contribution is 2.17. The normalized spacial score (nSPS) is 10.1. The van der Waals surface area contributed by atoms with E-state index in [0.29, 0.717) is 12.1 Å². The van der Waals surface area contributed by atoms with Gasteiger partial charge in [-0.05, 0) is 6.07 Å². The van der Waals surface area contributed by atoms with Crippen LogP contribution in [0.5, 0.6) is 0 Å². The van der Waals surface area contributed by atoms with Gasteiger partial charge in [-0.3, -0.25) is 0 Å². The fourth-order valence-corrected chi connectivity index (χ4v) is 2.22. The molecule has 2 aromatic heterocycles. The summed E-state index contributed by atoms with van der Waals surface area (Å²) in [5.41, 5.74) is 0.333. The highest BCUT2D eigenvalue weighted by molar-refractivity contribution is 7.10. The van der Waals surface area contributed by atoms with Crippen LogP contribution in [0.3, 0.4) is 0 Å². The molecule has 5 nitrogen and oxygen atoms in total. The third-order valence-electron chi connectivity index (χ3n) is 1.70. The Morgan fingerprint density at radius 3 is 3.07 bits per heavy atom. The van der Waals surface area contributed by atoms with Crippen molar-refractivity contribution in [2.24, 2.45) is 0 Å². The average Bonchev–Trinajstić information content (AvgIpc) is 2.86. The number of aromatic nitrogens is 2. The number of aromatic carboxylic acids is 1. The quantitative estimate of drug-likeness (QED) is 0.855. The Morgan fingerprint density at radius 2 is 2.47 bits per heavy atom. The molecule has 0 radical (unpaired) electrons. The summed E-state index contributed by atoms with van der Waals surface area (Å²) in [4.78, 5) is 11.6. The van der Waals surface area contributed by atoms with E-state index < -0.39 is 5.97 Å². The van der Waals surface area contributed by atoms with Gasteiger partial charge in [-0.2, -0.15) is 0 Å². The molecule has 0 spiro atoms. The van der Waals surface area contributed by atoms with Crippen LogP contribution in [0.25, 0.3) is 0 Å². The number of carboxylic acid groups (broad SMARTS) is 1. The van der Waals surface area contributed by atoms with Crippen molar-refractivity contribution >= 4 is 33.8 Å². The molecule has 0 bridgehead atoms. The van der Waals surface area contributed by atoms with E-state index in [1.54, 1.807) is 17.6 Å². The molecule has 7 heteroatoms. The van der Waals surface area contributed by atoms with Gasteiger partial charge < -0.3 is 10.4 Å². The third-order valence-corrected chi connectivity index (χ3v) is 3.26. The number of thiophene rings is 1. The maximum absolute atomic E-state index is 10.6. The molecule has 2 N–H and O–H groups in total. The predicted octanol–water partition coefficient (Wildman–Crippen LogP) is 1.91. The van der Waals surface area contributed by atoms with E-state index in [4.69, 9.17) is 5.11 Å². The Balaban J connectivity index is 1.96. The van der Waals surface area contributed by atoms with Gasteiger partial charge in [-0.25, -0.2) is 4.79 Å². The maximum atomic E-state index is 10.6. The molecule has 0 aromatic carbocycles. The Bertz CT molecular complexity index is 452. The highest BCUT2D eigenvalue weighted by atomic mass is 32.1. The van der Waals surface area contributed by atoms with Gasteiger partial charge >= 0.3 is 5.97 Å². The molecular formula is C8H7N3O2S2. The molecule has 0 fully saturated rings. The summed E-state index contributed by atoms with van der Waals surface area (Å²) >= 11 is 2.69. The Morgan fingerprint density at radius 1 is 1.60 bits per heavy atom. The zero-order valence-electron chi connectivity index (χ0n) is 7.51. The van der Waals surface area contributed by atoms with Crippen LogP contribution < -0.4 is 5.32 Å². The molecule has 2 heterocycles. The second-order valence-electron chi connectivity index (χ2n) is 2.74. The molecule has 0 aliphatic rings. The van der Waals surface area contributed by atoms with Crippen molar-refractivity contribution in [1.29, 1.82) is 0 Å². The number of hydrogen-bond donors (Lipinski definition) is 2. The lowest BCUT2D eigenvalue weighted by molar-refractivity contribution is 0.0697. The summed E-state index contributed by atoms with van der Waals surface area (Å²) in [6, 6.07) is 1.66. The van der Waals surface area contributed by atoms with E-state index in [1.165, 1.54) is 22.9 Å². The zero-order valence-corrected chi connectivity index (χ0v) is 9.14. The van der Waals surface area contributed by atoms with E-state index >= 15 is 0 Å². The minimum Gasteiger partial charge on any atom is -0.478 e. The molecule has 0 saturated carbocycles. The number of nitrogens with zero attached hydrogens (tertiary/aromatic N) is 2. The Kier molecular flexibility index (Phi) is 2.93. The van der Waals surface area contributed by atoms with Crippen molar-refractivity contribution in [3.05, 3.63) is 28.1 Å². The van der Waals surface area contributed by atoms with E-state index in [2.05, 4.69) is 14.9 Å². The second-order valence-corrected chi connectivity index (χ2v) is 4.52. The van der Waals surface area contributed by atoms with Gasteiger partial charge in [0.2, 0.25) is 0 Å². The smallest absolute Gasteiger partial charge is 0.336 e. The van der Waals surface area contributed by atoms with Crippen LogP contribution in [0, 0.1) is 0 Å². The van der Waals surface area contributed by atoms with Crippen molar-refractivity contribution in [3.8, 4) is 0 Å². The number of hydrogen-bond acceptors (Lipinski definition) is 6. The molecule has 0 aliphatic carbocycles. The monoisotopic (exact) mass is 241 g/mol. The molecule has 0 amide bonds. The second kappa shape index (κ2) is 4.37. The molecular weight excluding hydrogens is 234 g/mol. The molecule has 15 heavy (non-hydrogen) atoms. The zero-order chi connectivity index (χ0) is 10.7. The lowest BCUT2D eigenvalue weighted by Gasteiger charge is -1.97. The van der Waals surface area contributed by atoms with Crippen molar-refractivity contribution in [2.45, 2.75) is 6.54 Å². The van der Waals surface area contributed by atoms with Crippen LogP contribution in [0.2, 0.25) is 0 Å². The van der Waals surface area contributed by atoms with Crippen LogP contribution in [-0.2, 0) is 6.54 Å². The van der Waals surface area contributed by atoms with Gasteiger partial charge in [0.25, 0.3) is 0 Å². The van der Waals surface area contributed by atoms with Crippen LogP contribution in [0.15, 0.2) is 17.6 Å². The van der Waals surface area contributed by atoms with Gasteiger partial charge in [0.1, 0.15) is 5.00 Å². The van der Waals surface area contributed by atoms with Gasteiger partial charge in [-0.1, -0.05) is 4.49 Å². The fraction of sp³-hybridized carbons (Fsp3) is 0.125. The first-order valence-electron chi connectivity index (χ1n) is 4.07. The number of anilines is 1. The van der Waals surface area contributed by atoms with Crippen molar-refractivity contribution in [3.63, 3.8) is 0 Å². The topological polar surface area (TPSA) is 75.1 Å². The van der Waals surface area contributed by atoms with E-state index in [1.807, 2.05) is 0 Å². The highest BCUT2D eigenvalue weighted by Gasteiger charge is 2.06. The first-order valence-corrected chi connectivity index (χ1v) is 5.73. The van der Waals surface area contributed by atoms with E-state index in [9.17, 15) is 4.79 Å². The average molecular weight is 241 g/mol. The SMILES string of the molecule is O=C(O)c1csc(CNc2cnns2)c1. The van der Waals surface area contributed by atoms with Gasteiger partial charge in [0.15, 0.2) is 0 Å². The number of carboxylic acids is 1. The van der Waals surface area contributed by atoms with Crippen molar-refractivity contribution in [2.75, 3.05) is 5.32 Å². The van der Waals surface area contributed by atoms with E-state index in [-0.39, 0.29) is 0 Å². The number of carbonyl (C=O) groups is 1. The first-order chi connectivity index (χ1) is 7.25. The number of nitrogens with one attached hydrogen (secondary N) is 1. The Labute approximate surface area is 93.6 Å². The predicted molar refractivity (Wildman–Crippen MR) is 58.5 cm³/mol. The van der Waals surface area contributed by atoms with Crippen LogP contribution in [0.4, 0.5) is 5.00 Å². The molecule has 0 aliphatic heterocycles. The lowest BCUT2D eigenvalue weighted by Crippen LogP contribution is -1.96. The van der Waals surface area contributed by atoms with Gasteiger partial charge in [0, 0.05) is 21.8 Å². The molecule has 0 saturated heterocycles. The third kappa shape index (κ3) is 2.51. The lowest BCUT2D eigenvalue weighted by atomic mass is 10.3. The van der Waals surface area contributed by atoms with Crippen LogP contribution in [0.1, 0.15) is 15.2 Å². The number of rotatable bonds is 4. The Hall–Kier alpha value is -1.47. The van der Waals surface area contributed by atoms with Crippen molar-refractivity contribution < 1.29 is 9.90 Å². The summed E-state index contributed by atoms with van der Waals surface area (Å²) in [5, 5.41) is 18.0. The van der Waals surface area contributed by atoms with Crippen molar-refractivity contribution in [1.82, 2.24) is 9.59 Å². The van der Waals surface area contributed by atoms with Gasteiger partial charge in [-0.15, -0.1) is 16.4 Å². The molecule has 2 rings (SSSR count).